The van der Waals surface area contributed by atoms with E-state index >= 15 is 0 Å². The molecule has 190 valence electrons. The van der Waals surface area contributed by atoms with Gasteiger partial charge in [-0.1, -0.05) is 58.4 Å². The minimum Gasteiger partial charge on any atom is -0.489 e. The standard InChI is InChI=1S/C27H25BrN4O5/c28-23-11-10-21(37-18-19-6-2-1-3-7-19)16-20(23)17-29-31-26(34)25(33)30-24-9-5-4-8-22(24)27(35)32-12-14-36-15-13-32/h1-11,16-17H,12-15,18H2,(H,30,33)(H,31,34)/b29-17-. The summed E-state index contributed by atoms with van der Waals surface area (Å²) < 4.78 is 11.8. The van der Waals surface area contributed by atoms with Crippen molar-refractivity contribution >= 4 is 45.6 Å². The molecule has 10 heteroatoms. The maximum absolute atomic E-state index is 12.9. The van der Waals surface area contributed by atoms with Gasteiger partial charge in [-0.3, -0.25) is 14.4 Å². The molecule has 0 spiro atoms. The van der Waals surface area contributed by atoms with Crippen LogP contribution in [0.1, 0.15) is 21.5 Å². The SMILES string of the molecule is O=C(N/N=C\c1cc(OCc2ccccc2)ccc1Br)C(=O)Nc1ccccc1C(=O)N1CCOCC1. The van der Waals surface area contributed by atoms with E-state index in [4.69, 9.17) is 9.47 Å². The number of nitrogens with one attached hydrogen (secondary N) is 2. The van der Waals surface area contributed by atoms with Crippen LogP contribution < -0.4 is 15.5 Å². The molecule has 9 nitrogen and oxygen atoms in total. The number of para-hydroxylation sites is 1. The third-order valence-electron chi connectivity index (χ3n) is 5.50. The molecule has 1 saturated heterocycles. The van der Waals surface area contributed by atoms with E-state index in [0.717, 1.165) is 10.0 Å². The van der Waals surface area contributed by atoms with E-state index in [-0.39, 0.29) is 11.6 Å². The monoisotopic (exact) mass is 564 g/mol. The largest absolute Gasteiger partial charge is 0.489 e. The lowest BCUT2D eigenvalue weighted by Crippen LogP contribution is -2.41. The second kappa shape index (κ2) is 12.8. The minimum atomic E-state index is -0.975. The Hall–Kier alpha value is -4.02. The van der Waals surface area contributed by atoms with Gasteiger partial charge in [-0.05, 0) is 35.9 Å². The van der Waals surface area contributed by atoms with E-state index in [9.17, 15) is 14.4 Å². The van der Waals surface area contributed by atoms with E-state index < -0.39 is 11.8 Å². The number of benzene rings is 3. The minimum absolute atomic E-state index is 0.239. The molecule has 0 aliphatic carbocycles. The first-order valence-corrected chi connectivity index (χ1v) is 12.4. The van der Waals surface area contributed by atoms with E-state index in [2.05, 4.69) is 31.8 Å². The van der Waals surface area contributed by atoms with Gasteiger partial charge in [-0.2, -0.15) is 5.10 Å². The number of hydrazone groups is 1. The van der Waals surface area contributed by atoms with Gasteiger partial charge in [-0.15, -0.1) is 0 Å². The second-order valence-corrected chi connectivity index (χ2v) is 8.92. The van der Waals surface area contributed by atoms with Crippen molar-refractivity contribution in [2.24, 2.45) is 5.10 Å². The van der Waals surface area contributed by atoms with Crippen LogP contribution in [0.2, 0.25) is 0 Å². The Kier molecular flexibility index (Phi) is 9.01. The quantitative estimate of drug-likeness (QED) is 0.259. The number of morpholine rings is 1. The first-order chi connectivity index (χ1) is 18.0. The van der Waals surface area contributed by atoms with Crippen LogP contribution >= 0.6 is 15.9 Å². The molecule has 2 N–H and O–H groups in total. The second-order valence-electron chi connectivity index (χ2n) is 8.06. The van der Waals surface area contributed by atoms with Crippen molar-refractivity contribution in [2.45, 2.75) is 6.61 Å². The van der Waals surface area contributed by atoms with Crippen LogP contribution in [0.15, 0.2) is 82.4 Å². The smallest absolute Gasteiger partial charge is 0.329 e. The Labute approximate surface area is 222 Å². The highest BCUT2D eigenvalue weighted by Crippen LogP contribution is 2.22. The number of carbonyl (C=O) groups is 3. The zero-order valence-electron chi connectivity index (χ0n) is 19.9. The van der Waals surface area contributed by atoms with Crippen molar-refractivity contribution in [1.82, 2.24) is 10.3 Å². The number of hydrogen-bond donors (Lipinski definition) is 2. The number of carbonyl (C=O) groups excluding carboxylic acids is 3. The third-order valence-corrected chi connectivity index (χ3v) is 6.22. The van der Waals surface area contributed by atoms with Crippen molar-refractivity contribution in [1.29, 1.82) is 0 Å². The highest BCUT2D eigenvalue weighted by molar-refractivity contribution is 9.10. The van der Waals surface area contributed by atoms with E-state index in [0.29, 0.717) is 49.8 Å². The Morgan fingerprint density at radius 2 is 1.70 bits per heavy atom. The molecule has 1 aliphatic heterocycles. The Bertz CT molecular complexity index is 1290. The number of hydrogen-bond acceptors (Lipinski definition) is 6. The first-order valence-electron chi connectivity index (χ1n) is 11.6. The molecule has 0 aromatic heterocycles. The molecule has 3 aromatic rings. The molecule has 4 rings (SSSR count). The van der Waals surface area contributed by atoms with Crippen molar-refractivity contribution < 1.29 is 23.9 Å². The fourth-order valence-corrected chi connectivity index (χ4v) is 3.91. The average molecular weight is 565 g/mol. The summed E-state index contributed by atoms with van der Waals surface area (Å²) in [6.07, 6.45) is 1.40. The molecule has 1 heterocycles. The summed E-state index contributed by atoms with van der Waals surface area (Å²) in [5, 5.41) is 6.39. The van der Waals surface area contributed by atoms with Gasteiger partial charge in [0.15, 0.2) is 0 Å². The normalized spacial score (nSPS) is 13.3. The summed E-state index contributed by atoms with van der Waals surface area (Å²) in [5.41, 5.74) is 4.43. The van der Waals surface area contributed by atoms with Gasteiger partial charge in [-0.25, -0.2) is 5.43 Å². The molecule has 3 amide bonds. The van der Waals surface area contributed by atoms with Crippen molar-refractivity contribution in [2.75, 3.05) is 31.6 Å². The molecule has 37 heavy (non-hydrogen) atoms. The van der Waals surface area contributed by atoms with Crippen LogP contribution in [0.5, 0.6) is 5.75 Å². The molecule has 0 unspecified atom stereocenters. The summed E-state index contributed by atoms with van der Waals surface area (Å²) >= 11 is 3.44. The zero-order chi connectivity index (χ0) is 26.0. The fourth-order valence-electron chi connectivity index (χ4n) is 3.56. The lowest BCUT2D eigenvalue weighted by molar-refractivity contribution is -0.136. The van der Waals surface area contributed by atoms with Gasteiger partial charge < -0.3 is 19.7 Å². The van der Waals surface area contributed by atoms with Crippen molar-refractivity contribution in [3.05, 3.63) is 94.0 Å². The number of halogens is 1. The van der Waals surface area contributed by atoms with Gasteiger partial charge in [0.05, 0.1) is 30.7 Å². The number of rotatable bonds is 7. The van der Waals surface area contributed by atoms with E-state index in [1.807, 2.05) is 36.4 Å². The van der Waals surface area contributed by atoms with Crippen molar-refractivity contribution in [3.8, 4) is 5.75 Å². The van der Waals surface area contributed by atoms with Crippen molar-refractivity contribution in [3.63, 3.8) is 0 Å². The summed E-state index contributed by atoms with van der Waals surface area (Å²) in [7, 11) is 0. The molecule has 0 bridgehead atoms. The Balaban J connectivity index is 1.35. The number of nitrogens with zero attached hydrogens (tertiary/aromatic N) is 2. The highest BCUT2D eigenvalue weighted by atomic mass is 79.9. The summed E-state index contributed by atoms with van der Waals surface area (Å²) in [6, 6.07) is 21.7. The van der Waals surface area contributed by atoms with Gasteiger partial charge in [0.2, 0.25) is 0 Å². The Morgan fingerprint density at radius 1 is 0.973 bits per heavy atom. The lowest BCUT2D eigenvalue weighted by Gasteiger charge is -2.27. The lowest BCUT2D eigenvalue weighted by atomic mass is 10.1. The molecule has 0 atom stereocenters. The van der Waals surface area contributed by atoms with E-state index in [1.165, 1.54) is 6.21 Å². The van der Waals surface area contributed by atoms with Gasteiger partial charge in [0.25, 0.3) is 5.91 Å². The highest BCUT2D eigenvalue weighted by Gasteiger charge is 2.23. The van der Waals surface area contributed by atoms with Crippen LogP contribution in [0.25, 0.3) is 0 Å². The number of amides is 3. The van der Waals surface area contributed by atoms with Crippen LogP contribution in [0, 0.1) is 0 Å². The third kappa shape index (κ3) is 7.25. The maximum atomic E-state index is 12.9. The molecular formula is C27H25BrN4O5. The maximum Gasteiger partial charge on any atom is 0.329 e. The van der Waals surface area contributed by atoms with Gasteiger partial charge in [0.1, 0.15) is 12.4 Å². The van der Waals surface area contributed by atoms with Gasteiger partial charge >= 0.3 is 11.8 Å². The fraction of sp³-hybridized carbons (Fsp3) is 0.185. The predicted molar refractivity (Wildman–Crippen MR) is 142 cm³/mol. The Morgan fingerprint density at radius 3 is 2.49 bits per heavy atom. The van der Waals surface area contributed by atoms with Gasteiger partial charge in [0, 0.05) is 23.1 Å². The van der Waals surface area contributed by atoms with Crippen LogP contribution in [0.4, 0.5) is 5.69 Å². The first kappa shape index (κ1) is 26.1. The summed E-state index contributed by atoms with van der Waals surface area (Å²) in [5.74, 6) is -1.54. The summed E-state index contributed by atoms with van der Waals surface area (Å²) in [4.78, 5) is 39.3. The average Bonchev–Trinajstić information content (AvgIpc) is 2.94. The van der Waals surface area contributed by atoms with Crippen LogP contribution in [0.3, 0.4) is 0 Å². The molecule has 0 saturated carbocycles. The van der Waals surface area contributed by atoms with Crippen LogP contribution in [-0.2, 0) is 20.9 Å². The summed E-state index contributed by atoms with van der Waals surface area (Å²) in [6.45, 7) is 2.25. The van der Waals surface area contributed by atoms with E-state index in [1.54, 1.807) is 41.3 Å². The van der Waals surface area contributed by atoms with Crippen LogP contribution in [-0.4, -0.2) is 55.1 Å². The molecule has 1 fully saturated rings. The number of anilines is 1. The topological polar surface area (TPSA) is 109 Å². The molecule has 0 radical (unpaired) electrons. The number of ether oxygens (including phenoxy) is 2. The molecule has 1 aliphatic rings. The predicted octanol–water partition coefficient (Wildman–Crippen LogP) is 3.59. The zero-order valence-corrected chi connectivity index (χ0v) is 21.4. The molecule has 3 aromatic carbocycles. The molecular weight excluding hydrogens is 540 g/mol.